The van der Waals surface area contributed by atoms with Gasteiger partial charge in [0.15, 0.2) is 0 Å². The van der Waals surface area contributed by atoms with Crippen molar-refractivity contribution in [3.05, 3.63) is 59.0 Å². The predicted octanol–water partition coefficient (Wildman–Crippen LogP) is 4.43. The Kier molecular flexibility index (Phi) is 6.84. The summed E-state index contributed by atoms with van der Waals surface area (Å²) in [6, 6.07) is 9.00. The molecule has 0 atom stereocenters. The molecule has 3 aromatic rings. The van der Waals surface area contributed by atoms with Crippen LogP contribution >= 0.6 is 11.6 Å². The molecule has 2 aliphatic heterocycles. The van der Waals surface area contributed by atoms with Crippen molar-refractivity contribution >= 4 is 29.2 Å². The lowest BCUT2D eigenvalue weighted by molar-refractivity contribution is -0.137. The van der Waals surface area contributed by atoms with E-state index < -0.39 is 17.6 Å². The minimum Gasteiger partial charge on any atom is -0.353 e. The molecule has 0 saturated carbocycles. The first-order chi connectivity index (χ1) is 17.6. The number of anilines is 3. The lowest BCUT2D eigenvalue weighted by Gasteiger charge is -2.43. The molecular formula is C25H26ClF4N7. The molecule has 1 aromatic carbocycles. The topological polar surface area (TPSA) is 51.6 Å². The van der Waals surface area contributed by atoms with Gasteiger partial charge >= 0.3 is 6.18 Å². The van der Waals surface area contributed by atoms with Gasteiger partial charge in [-0.15, -0.1) is 0 Å². The quantitative estimate of drug-likeness (QED) is 0.448. The van der Waals surface area contributed by atoms with Crippen molar-refractivity contribution in [1.82, 2.24) is 19.9 Å². The summed E-state index contributed by atoms with van der Waals surface area (Å²) in [4.78, 5) is 21.4. The van der Waals surface area contributed by atoms with Crippen LogP contribution in [-0.4, -0.2) is 79.3 Å². The average molecular weight is 536 g/mol. The largest absolute Gasteiger partial charge is 0.419 e. The van der Waals surface area contributed by atoms with Gasteiger partial charge in [0.25, 0.3) is 0 Å². The molecule has 0 unspecified atom stereocenters. The Morgan fingerprint density at radius 3 is 2.30 bits per heavy atom. The van der Waals surface area contributed by atoms with Crippen molar-refractivity contribution in [2.45, 2.75) is 12.2 Å². The molecule has 37 heavy (non-hydrogen) atoms. The first kappa shape index (κ1) is 25.5. The Labute approximate surface area is 217 Å². The molecule has 12 heteroatoms. The molecule has 2 aromatic heterocycles. The van der Waals surface area contributed by atoms with Crippen LogP contribution in [0.15, 0.2) is 42.6 Å². The second kappa shape index (κ2) is 9.94. The molecule has 2 aliphatic rings. The Balaban J connectivity index is 1.41. The molecule has 7 nitrogen and oxygen atoms in total. The van der Waals surface area contributed by atoms with E-state index in [0.29, 0.717) is 55.2 Å². The van der Waals surface area contributed by atoms with Crippen molar-refractivity contribution in [1.29, 1.82) is 0 Å². The maximum absolute atomic E-state index is 13.8. The average Bonchev–Trinajstić information content (AvgIpc) is 2.84. The maximum Gasteiger partial charge on any atom is 0.419 e. The third kappa shape index (κ3) is 5.28. The number of rotatable bonds is 5. The van der Waals surface area contributed by atoms with Crippen molar-refractivity contribution in [3.8, 4) is 11.3 Å². The Hall–Kier alpha value is -3.18. The minimum absolute atomic E-state index is 0.000258. The van der Waals surface area contributed by atoms with E-state index in [0.717, 1.165) is 19.2 Å². The fourth-order valence-electron chi connectivity index (χ4n) is 4.49. The fraction of sp³-hybridized carbons (Fsp3) is 0.400. The van der Waals surface area contributed by atoms with Gasteiger partial charge in [0.2, 0.25) is 5.95 Å². The fourth-order valence-corrected chi connectivity index (χ4v) is 4.67. The second-order valence-corrected chi connectivity index (χ2v) is 9.82. The number of halogens is 5. The maximum atomic E-state index is 13.8. The monoisotopic (exact) mass is 535 g/mol. The van der Waals surface area contributed by atoms with Crippen LogP contribution in [0.3, 0.4) is 0 Å². The van der Waals surface area contributed by atoms with Gasteiger partial charge in [0, 0.05) is 63.1 Å². The van der Waals surface area contributed by atoms with Crippen LogP contribution < -0.4 is 14.7 Å². The van der Waals surface area contributed by atoms with Crippen LogP contribution in [0.4, 0.5) is 35.1 Å². The van der Waals surface area contributed by atoms with Crippen LogP contribution in [-0.2, 0) is 6.18 Å². The van der Waals surface area contributed by atoms with Crippen LogP contribution in [0.1, 0.15) is 5.56 Å². The summed E-state index contributed by atoms with van der Waals surface area (Å²) in [5, 5.41) is 0.000258. The van der Waals surface area contributed by atoms with E-state index in [1.54, 1.807) is 11.0 Å². The first-order valence-electron chi connectivity index (χ1n) is 11.9. The molecule has 0 radical (unpaired) electrons. The highest BCUT2D eigenvalue weighted by Gasteiger charge is 2.36. The van der Waals surface area contributed by atoms with Gasteiger partial charge in [-0.05, 0) is 44.4 Å². The van der Waals surface area contributed by atoms with Gasteiger partial charge < -0.3 is 19.6 Å². The van der Waals surface area contributed by atoms with Crippen LogP contribution in [0.2, 0.25) is 5.02 Å². The van der Waals surface area contributed by atoms with Gasteiger partial charge in [-0.1, -0.05) is 11.6 Å². The number of hydrogen-bond donors (Lipinski definition) is 0. The molecule has 0 aliphatic carbocycles. The second-order valence-electron chi connectivity index (χ2n) is 9.41. The Morgan fingerprint density at radius 1 is 0.946 bits per heavy atom. The van der Waals surface area contributed by atoms with Crippen LogP contribution in [0.5, 0.6) is 0 Å². The number of pyridine rings is 1. The van der Waals surface area contributed by atoms with E-state index in [-0.39, 0.29) is 10.8 Å². The molecule has 0 amide bonds. The van der Waals surface area contributed by atoms with Crippen molar-refractivity contribution in [2.24, 2.45) is 0 Å². The molecule has 0 spiro atoms. The summed E-state index contributed by atoms with van der Waals surface area (Å²) in [5.74, 6) is 0.637. The van der Waals surface area contributed by atoms with Gasteiger partial charge in [0.05, 0.1) is 16.3 Å². The number of nitrogens with zero attached hydrogens (tertiary/aromatic N) is 7. The highest BCUT2D eigenvalue weighted by atomic mass is 35.5. The lowest BCUT2D eigenvalue weighted by atomic mass is 10.1. The summed E-state index contributed by atoms with van der Waals surface area (Å²) < 4.78 is 54.3. The van der Waals surface area contributed by atoms with E-state index in [1.807, 2.05) is 25.1 Å². The third-order valence-corrected chi connectivity index (χ3v) is 7.08. The minimum atomic E-state index is -4.48. The van der Waals surface area contributed by atoms with E-state index >= 15 is 0 Å². The Morgan fingerprint density at radius 2 is 1.65 bits per heavy atom. The number of alkyl halides is 3. The van der Waals surface area contributed by atoms with Crippen molar-refractivity contribution in [3.63, 3.8) is 0 Å². The molecule has 2 fully saturated rings. The molecule has 4 heterocycles. The summed E-state index contributed by atoms with van der Waals surface area (Å²) in [6.07, 6.45) is -3.10. The molecule has 2 saturated heterocycles. The van der Waals surface area contributed by atoms with E-state index in [4.69, 9.17) is 21.6 Å². The number of likely N-dealkylation sites (N-methyl/N-ethyl adjacent to an activating group) is 1. The van der Waals surface area contributed by atoms with Crippen molar-refractivity contribution in [2.75, 3.05) is 68.1 Å². The standard InChI is InChI=1S/C25H26ClF4N7/c1-34(2)17-14-37(15-17)24-32-21(16-5-6-20(27)19(26)12-16)13-22(33-24)35-8-10-36(11-9-35)23-18(25(28,29)30)4-3-7-31-23/h3-7,12-13,17H,8-11,14-15H2,1-2H3. The van der Waals surface area contributed by atoms with E-state index in [9.17, 15) is 17.6 Å². The number of hydrogen-bond acceptors (Lipinski definition) is 7. The Bertz CT molecular complexity index is 1270. The van der Waals surface area contributed by atoms with Gasteiger partial charge in [-0.3, -0.25) is 0 Å². The number of aromatic nitrogens is 3. The summed E-state index contributed by atoms with van der Waals surface area (Å²) in [5.41, 5.74) is 0.515. The molecule has 0 bridgehead atoms. The molecule has 5 rings (SSSR count). The van der Waals surface area contributed by atoms with Crippen LogP contribution in [0.25, 0.3) is 11.3 Å². The van der Waals surface area contributed by atoms with E-state index in [1.165, 1.54) is 24.4 Å². The normalized spacial score (nSPS) is 16.9. The third-order valence-electron chi connectivity index (χ3n) is 6.79. The highest BCUT2D eigenvalue weighted by Crippen LogP contribution is 2.36. The smallest absolute Gasteiger partial charge is 0.353 e. The first-order valence-corrected chi connectivity index (χ1v) is 12.3. The lowest BCUT2D eigenvalue weighted by Crippen LogP contribution is -2.58. The number of benzene rings is 1. The highest BCUT2D eigenvalue weighted by molar-refractivity contribution is 6.31. The SMILES string of the molecule is CN(C)C1CN(c2nc(-c3ccc(F)c(Cl)c3)cc(N3CCN(c4ncccc4C(F)(F)F)CC3)n2)C1. The zero-order valence-corrected chi connectivity index (χ0v) is 21.1. The summed E-state index contributed by atoms with van der Waals surface area (Å²) >= 11 is 6.03. The summed E-state index contributed by atoms with van der Waals surface area (Å²) in [7, 11) is 4.05. The molecule has 196 valence electrons. The van der Waals surface area contributed by atoms with Gasteiger partial charge in [-0.2, -0.15) is 18.2 Å². The van der Waals surface area contributed by atoms with E-state index in [2.05, 4.69) is 14.8 Å². The predicted molar refractivity (Wildman–Crippen MR) is 136 cm³/mol. The van der Waals surface area contributed by atoms with Gasteiger partial charge in [0.1, 0.15) is 17.5 Å². The number of piperazine rings is 1. The van der Waals surface area contributed by atoms with Crippen molar-refractivity contribution < 1.29 is 17.6 Å². The van der Waals surface area contributed by atoms with Gasteiger partial charge in [-0.25, -0.2) is 14.4 Å². The molecular weight excluding hydrogens is 510 g/mol. The summed E-state index contributed by atoms with van der Waals surface area (Å²) in [6.45, 7) is 3.15. The zero-order chi connectivity index (χ0) is 26.3. The molecule has 0 N–H and O–H groups in total. The van der Waals surface area contributed by atoms with Crippen LogP contribution in [0, 0.1) is 5.82 Å². The zero-order valence-electron chi connectivity index (χ0n) is 20.4.